The Balaban J connectivity index is 2.00. The monoisotopic (exact) mass is 237 g/mol. The van der Waals surface area contributed by atoms with Crippen molar-refractivity contribution in [3.05, 3.63) is 23.9 Å². The number of nitrogens with zero attached hydrogens (tertiary/aromatic N) is 1. The van der Waals surface area contributed by atoms with E-state index in [1.165, 1.54) is 5.75 Å². The number of thioether (sulfide) groups is 1. The molecule has 0 bridgehead atoms. The predicted octanol–water partition coefficient (Wildman–Crippen LogP) is 1.29. The molecule has 4 nitrogen and oxygen atoms in total. The molecule has 1 atom stereocenters. The first-order valence-electron chi connectivity index (χ1n) is 5.36. The largest absolute Gasteiger partial charge is 0.383 e. The third kappa shape index (κ3) is 2.66. The Bertz CT molecular complexity index is 377. The van der Waals surface area contributed by atoms with Gasteiger partial charge in [-0.05, 0) is 30.7 Å². The van der Waals surface area contributed by atoms with E-state index in [2.05, 4.69) is 10.3 Å². The van der Waals surface area contributed by atoms with E-state index in [1.807, 2.05) is 11.8 Å². The summed E-state index contributed by atoms with van der Waals surface area (Å²) in [4.78, 5) is 15.8. The number of carbonyl (C=O) groups is 1. The highest BCUT2D eigenvalue weighted by Crippen LogP contribution is 2.17. The third-order valence-corrected chi connectivity index (χ3v) is 3.79. The van der Waals surface area contributed by atoms with Crippen molar-refractivity contribution in [2.24, 2.45) is 0 Å². The molecule has 1 aromatic rings. The highest BCUT2D eigenvalue weighted by molar-refractivity contribution is 7.99. The van der Waals surface area contributed by atoms with Gasteiger partial charge < -0.3 is 11.1 Å². The maximum absolute atomic E-state index is 11.9. The number of nitrogens with two attached hydrogens (primary N) is 1. The SMILES string of the molecule is Nc1ncccc1C(=O)NC1CCCSC1. The van der Waals surface area contributed by atoms with Crippen LogP contribution in [0, 0.1) is 0 Å². The molecule has 2 heterocycles. The molecule has 86 valence electrons. The number of rotatable bonds is 2. The van der Waals surface area contributed by atoms with Crippen LogP contribution in [0.3, 0.4) is 0 Å². The van der Waals surface area contributed by atoms with Gasteiger partial charge in [0, 0.05) is 18.0 Å². The van der Waals surface area contributed by atoms with Crippen LogP contribution in [0.2, 0.25) is 0 Å². The van der Waals surface area contributed by atoms with E-state index in [0.29, 0.717) is 11.4 Å². The number of hydrogen-bond acceptors (Lipinski definition) is 4. The first-order chi connectivity index (χ1) is 7.77. The molecular formula is C11H15N3OS. The number of nitrogens with one attached hydrogen (secondary N) is 1. The summed E-state index contributed by atoms with van der Waals surface area (Å²) in [6.45, 7) is 0. The quantitative estimate of drug-likeness (QED) is 0.813. The molecular weight excluding hydrogens is 222 g/mol. The summed E-state index contributed by atoms with van der Waals surface area (Å²) in [7, 11) is 0. The van der Waals surface area contributed by atoms with Crippen LogP contribution in [0.4, 0.5) is 5.82 Å². The van der Waals surface area contributed by atoms with Gasteiger partial charge in [0.1, 0.15) is 5.82 Å². The van der Waals surface area contributed by atoms with Gasteiger partial charge in [-0.1, -0.05) is 0 Å². The van der Waals surface area contributed by atoms with Gasteiger partial charge in [0.25, 0.3) is 5.91 Å². The Hall–Kier alpha value is -1.23. The van der Waals surface area contributed by atoms with Gasteiger partial charge in [-0.2, -0.15) is 11.8 Å². The van der Waals surface area contributed by atoms with Crippen molar-refractivity contribution in [1.82, 2.24) is 10.3 Å². The molecule has 1 aromatic heterocycles. The molecule has 1 saturated heterocycles. The number of aromatic nitrogens is 1. The first-order valence-corrected chi connectivity index (χ1v) is 6.52. The molecule has 1 aliphatic rings. The smallest absolute Gasteiger partial charge is 0.255 e. The molecule has 0 spiro atoms. The average Bonchev–Trinajstić information content (AvgIpc) is 2.31. The maximum Gasteiger partial charge on any atom is 0.255 e. The lowest BCUT2D eigenvalue weighted by Gasteiger charge is -2.22. The lowest BCUT2D eigenvalue weighted by Crippen LogP contribution is -2.38. The number of nitrogen functional groups attached to an aromatic ring is 1. The van der Waals surface area contributed by atoms with Crippen molar-refractivity contribution in [3.8, 4) is 0 Å². The van der Waals surface area contributed by atoms with Gasteiger partial charge in [-0.3, -0.25) is 4.79 Å². The minimum Gasteiger partial charge on any atom is -0.383 e. The Morgan fingerprint density at radius 1 is 1.62 bits per heavy atom. The van der Waals surface area contributed by atoms with Gasteiger partial charge in [0.2, 0.25) is 0 Å². The molecule has 2 rings (SSSR count). The second-order valence-electron chi connectivity index (χ2n) is 3.82. The molecule has 0 aliphatic carbocycles. The summed E-state index contributed by atoms with van der Waals surface area (Å²) in [5, 5.41) is 3.00. The molecule has 1 amide bonds. The van der Waals surface area contributed by atoms with Crippen LogP contribution in [0.25, 0.3) is 0 Å². The fraction of sp³-hybridized carbons (Fsp3) is 0.455. The molecule has 1 unspecified atom stereocenters. The molecule has 1 aliphatic heterocycles. The molecule has 5 heteroatoms. The fourth-order valence-corrected chi connectivity index (χ4v) is 2.80. The number of amides is 1. The van der Waals surface area contributed by atoms with Crippen molar-refractivity contribution >= 4 is 23.5 Å². The second-order valence-corrected chi connectivity index (χ2v) is 4.97. The van der Waals surface area contributed by atoms with Crippen molar-refractivity contribution in [2.75, 3.05) is 17.2 Å². The van der Waals surface area contributed by atoms with E-state index >= 15 is 0 Å². The van der Waals surface area contributed by atoms with Crippen LogP contribution >= 0.6 is 11.8 Å². The first kappa shape index (κ1) is 11.3. The highest BCUT2D eigenvalue weighted by Gasteiger charge is 2.18. The molecule has 3 N–H and O–H groups in total. The van der Waals surface area contributed by atoms with Crippen molar-refractivity contribution in [2.45, 2.75) is 18.9 Å². The third-order valence-electron chi connectivity index (χ3n) is 2.58. The fourth-order valence-electron chi connectivity index (χ4n) is 1.73. The summed E-state index contributed by atoms with van der Waals surface area (Å²) in [5.74, 6) is 2.37. The molecule has 16 heavy (non-hydrogen) atoms. The van der Waals surface area contributed by atoms with Gasteiger partial charge >= 0.3 is 0 Å². The van der Waals surface area contributed by atoms with Gasteiger partial charge in [-0.15, -0.1) is 0 Å². The normalized spacial score (nSPS) is 20.4. The summed E-state index contributed by atoms with van der Waals surface area (Å²) in [6, 6.07) is 3.69. The number of carbonyl (C=O) groups excluding carboxylic acids is 1. The van der Waals surface area contributed by atoms with Crippen molar-refractivity contribution in [3.63, 3.8) is 0 Å². The summed E-state index contributed by atoms with van der Waals surface area (Å²) >= 11 is 1.88. The molecule has 0 saturated carbocycles. The summed E-state index contributed by atoms with van der Waals surface area (Å²) in [6.07, 6.45) is 3.81. The topological polar surface area (TPSA) is 68.0 Å². The molecule has 0 aromatic carbocycles. The average molecular weight is 237 g/mol. The standard InChI is InChI=1S/C11H15N3OS/c12-10-9(4-1-5-13-10)11(15)14-8-3-2-6-16-7-8/h1,4-5,8H,2-3,6-7H2,(H2,12,13)(H,14,15). The summed E-state index contributed by atoms with van der Waals surface area (Å²) < 4.78 is 0. The van der Waals surface area contributed by atoms with Crippen LogP contribution in [0.1, 0.15) is 23.2 Å². The number of anilines is 1. The Morgan fingerprint density at radius 3 is 3.19 bits per heavy atom. The van der Waals surface area contributed by atoms with E-state index in [4.69, 9.17) is 5.73 Å². The van der Waals surface area contributed by atoms with Crippen LogP contribution in [0.15, 0.2) is 18.3 Å². The van der Waals surface area contributed by atoms with E-state index < -0.39 is 0 Å². The molecule has 1 fully saturated rings. The highest BCUT2D eigenvalue weighted by atomic mass is 32.2. The lowest BCUT2D eigenvalue weighted by molar-refractivity contribution is 0.0939. The Labute approximate surface area is 99.0 Å². The van der Waals surface area contributed by atoms with Crippen molar-refractivity contribution < 1.29 is 4.79 Å². The van der Waals surface area contributed by atoms with Crippen LogP contribution in [-0.4, -0.2) is 28.4 Å². The predicted molar refractivity (Wildman–Crippen MR) is 66.5 cm³/mol. The van der Waals surface area contributed by atoms with E-state index in [0.717, 1.165) is 18.6 Å². The van der Waals surface area contributed by atoms with Crippen molar-refractivity contribution in [1.29, 1.82) is 0 Å². The maximum atomic E-state index is 11.9. The van der Waals surface area contributed by atoms with Crippen LogP contribution in [-0.2, 0) is 0 Å². The minimum absolute atomic E-state index is 0.113. The number of pyridine rings is 1. The van der Waals surface area contributed by atoms with Gasteiger partial charge in [0.15, 0.2) is 0 Å². The van der Waals surface area contributed by atoms with Gasteiger partial charge in [-0.25, -0.2) is 4.98 Å². The van der Waals surface area contributed by atoms with Crippen LogP contribution in [0.5, 0.6) is 0 Å². The van der Waals surface area contributed by atoms with Crippen LogP contribution < -0.4 is 11.1 Å². The number of hydrogen-bond donors (Lipinski definition) is 2. The summed E-state index contributed by atoms with van der Waals surface area (Å²) in [5.41, 5.74) is 6.12. The zero-order valence-corrected chi connectivity index (χ0v) is 9.80. The van der Waals surface area contributed by atoms with Gasteiger partial charge in [0.05, 0.1) is 5.56 Å². The Kier molecular flexibility index (Phi) is 3.66. The van der Waals surface area contributed by atoms with E-state index in [1.54, 1.807) is 18.3 Å². The zero-order chi connectivity index (χ0) is 11.4. The lowest BCUT2D eigenvalue weighted by atomic mass is 10.1. The Morgan fingerprint density at radius 2 is 2.50 bits per heavy atom. The van der Waals surface area contributed by atoms with E-state index in [-0.39, 0.29) is 11.9 Å². The second kappa shape index (κ2) is 5.21. The molecule has 0 radical (unpaired) electrons. The minimum atomic E-state index is -0.113. The van der Waals surface area contributed by atoms with E-state index in [9.17, 15) is 4.79 Å². The zero-order valence-electron chi connectivity index (χ0n) is 8.98.